The maximum atomic E-state index is 12.3. The minimum Gasteiger partial charge on any atom is -0.481 e. The van der Waals surface area contributed by atoms with Crippen LogP contribution in [0.1, 0.15) is 35.7 Å². The lowest BCUT2D eigenvalue weighted by Gasteiger charge is -2.35. The van der Waals surface area contributed by atoms with E-state index in [1.54, 1.807) is 11.6 Å². The van der Waals surface area contributed by atoms with E-state index in [0.29, 0.717) is 5.82 Å². The molecule has 0 saturated heterocycles. The summed E-state index contributed by atoms with van der Waals surface area (Å²) in [6.07, 6.45) is 1.69. The zero-order chi connectivity index (χ0) is 16.4. The summed E-state index contributed by atoms with van der Waals surface area (Å²) in [7, 11) is 0. The summed E-state index contributed by atoms with van der Waals surface area (Å²) in [4.78, 5) is 27.3. The molecule has 1 aliphatic rings. The molecule has 0 aliphatic heterocycles. The fraction of sp³-hybridized carbons (Fsp3) is 0.375. The van der Waals surface area contributed by atoms with Gasteiger partial charge in [-0.15, -0.1) is 5.10 Å². The first-order valence-electron chi connectivity index (χ1n) is 7.56. The van der Waals surface area contributed by atoms with Gasteiger partial charge >= 0.3 is 5.97 Å². The van der Waals surface area contributed by atoms with Crippen molar-refractivity contribution in [3.05, 3.63) is 42.0 Å². The molecule has 1 saturated carbocycles. The number of carbonyl (C=O) groups excluding carboxylic acids is 1. The molecule has 1 aromatic carbocycles. The Morgan fingerprint density at radius 1 is 1.30 bits per heavy atom. The van der Waals surface area contributed by atoms with Crippen LogP contribution >= 0.6 is 0 Å². The van der Waals surface area contributed by atoms with Crippen LogP contribution in [0.5, 0.6) is 0 Å². The van der Waals surface area contributed by atoms with Crippen LogP contribution < -0.4 is 5.32 Å². The molecule has 2 N–H and O–H groups in total. The van der Waals surface area contributed by atoms with Crippen molar-refractivity contribution in [2.75, 3.05) is 0 Å². The van der Waals surface area contributed by atoms with Gasteiger partial charge in [0.25, 0.3) is 5.91 Å². The summed E-state index contributed by atoms with van der Waals surface area (Å²) in [5, 5.41) is 15.9. The molecule has 120 valence electrons. The quantitative estimate of drug-likeness (QED) is 0.873. The second-order valence-corrected chi connectivity index (χ2v) is 5.75. The molecule has 23 heavy (non-hydrogen) atoms. The average molecular weight is 314 g/mol. The minimum absolute atomic E-state index is 0.00578. The average Bonchev–Trinajstić information content (AvgIpc) is 2.92. The van der Waals surface area contributed by atoms with Gasteiger partial charge in [0.05, 0.1) is 12.1 Å². The number of hydrogen-bond acceptors (Lipinski definition) is 4. The molecule has 2 atom stereocenters. The maximum Gasteiger partial charge on any atom is 0.303 e. The number of aryl methyl sites for hydroxylation is 1. The number of rotatable bonds is 5. The summed E-state index contributed by atoms with van der Waals surface area (Å²) < 4.78 is 1.62. The van der Waals surface area contributed by atoms with E-state index >= 15 is 0 Å². The van der Waals surface area contributed by atoms with E-state index in [-0.39, 0.29) is 30.1 Å². The molecule has 3 rings (SSSR count). The standard InChI is InChI=1S/C16H18N4O3/c1-10-17-15(19-20(10)12-5-3-2-4-6-12)16(23)18-13-8-7-11(13)9-14(21)22/h2-6,11,13H,7-9H2,1H3,(H,18,23)(H,21,22)/t11-,13-/m1/s1. The maximum absolute atomic E-state index is 12.3. The van der Waals surface area contributed by atoms with E-state index in [4.69, 9.17) is 5.11 Å². The molecular formula is C16H18N4O3. The zero-order valence-electron chi connectivity index (χ0n) is 12.8. The Morgan fingerprint density at radius 3 is 2.65 bits per heavy atom. The number of hydrogen-bond donors (Lipinski definition) is 2. The highest BCUT2D eigenvalue weighted by Gasteiger charge is 2.34. The summed E-state index contributed by atoms with van der Waals surface area (Å²) in [5.41, 5.74) is 0.837. The largest absolute Gasteiger partial charge is 0.481 e. The molecule has 7 nitrogen and oxygen atoms in total. The number of nitrogens with zero attached hydrogens (tertiary/aromatic N) is 3. The van der Waals surface area contributed by atoms with Gasteiger partial charge in [0.2, 0.25) is 5.82 Å². The van der Waals surface area contributed by atoms with E-state index in [1.807, 2.05) is 30.3 Å². The number of carbonyl (C=O) groups is 2. The highest BCUT2D eigenvalue weighted by molar-refractivity contribution is 5.90. The van der Waals surface area contributed by atoms with Crippen LogP contribution in [0.2, 0.25) is 0 Å². The van der Waals surface area contributed by atoms with E-state index in [9.17, 15) is 9.59 Å². The Hall–Kier alpha value is -2.70. The zero-order valence-corrected chi connectivity index (χ0v) is 12.8. The van der Waals surface area contributed by atoms with Gasteiger partial charge in [-0.25, -0.2) is 9.67 Å². The molecule has 0 radical (unpaired) electrons. The highest BCUT2D eigenvalue weighted by atomic mass is 16.4. The van der Waals surface area contributed by atoms with Gasteiger partial charge < -0.3 is 10.4 Å². The van der Waals surface area contributed by atoms with Crippen molar-refractivity contribution in [3.8, 4) is 5.69 Å². The Morgan fingerprint density at radius 2 is 2.04 bits per heavy atom. The fourth-order valence-corrected chi connectivity index (χ4v) is 2.76. The van der Waals surface area contributed by atoms with Crippen molar-refractivity contribution in [3.63, 3.8) is 0 Å². The van der Waals surface area contributed by atoms with Gasteiger partial charge in [-0.2, -0.15) is 0 Å². The third-order valence-electron chi connectivity index (χ3n) is 4.14. The van der Waals surface area contributed by atoms with Crippen LogP contribution in [0.25, 0.3) is 5.69 Å². The second-order valence-electron chi connectivity index (χ2n) is 5.75. The van der Waals surface area contributed by atoms with Crippen molar-refractivity contribution < 1.29 is 14.7 Å². The molecule has 7 heteroatoms. The smallest absolute Gasteiger partial charge is 0.303 e. The lowest BCUT2D eigenvalue weighted by atomic mass is 9.77. The molecule has 0 bridgehead atoms. The summed E-state index contributed by atoms with van der Waals surface area (Å²) >= 11 is 0. The van der Waals surface area contributed by atoms with E-state index in [1.165, 1.54) is 0 Å². The molecule has 1 aromatic heterocycles. The van der Waals surface area contributed by atoms with E-state index < -0.39 is 5.97 Å². The minimum atomic E-state index is -0.837. The number of benzene rings is 1. The van der Waals surface area contributed by atoms with Crippen LogP contribution in [0.3, 0.4) is 0 Å². The first kappa shape index (κ1) is 15.2. The van der Waals surface area contributed by atoms with Gasteiger partial charge in [-0.1, -0.05) is 18.2 Å². The predicted octanol–water partition coefficient (Wildman–Crippen LogP) is 1.56. The Balaban J connectivity index is 1.70. The fourth-order valence-electron chi connectivity index (χ4n) is 2.76. The van der Waals surface area contributed by atoms with Crippen molar-refractivity contribution in [1.29, 1.82) is 0 Å². The molecule has 0 spiro atoms. The van der Waals surface area contributed by atoms with Crippen LogP contribution in [0, 0.1) is 12.8 Å². The first-order chi connectivity index (χ1) is 11.0. The SMILES string of the molecule is Cc1nc(C(=O)N[C@@H]2CC[C@@H]2CC(=O)O)nn1-c1ccccc1. The number of carboxylic acids is 1. The first-order valence-corrected chi connectivity index (χ1v) is 7.56. The van der Waals surface area contributed by atoms with Crippen LogP contribution in [0.15, 0.2) is 30.3 Å². The Labute approximate surface area is 133 Å². The molecular weight excluding hydrogens is 296 g/mol. The number of aromatic nitrogens is 3. The molecule has 1 aliphatic carbocycles. The topological polar surface area (TPSA) is 97.1 Å². The van der Waals surface area contributed by atoms with Crippen molar-refractivity contribution in [2.24, 2.45) is 5.92 Å². The van der Waals surface area contributed by atoms with Crippen LogP contribution in [-0.2, 0) is 4.79 Å². The molecule has 2 aromatic rings. The van der Waals surface area contributed by atoms with Gasteiger partial charge in [0, 0.05) is 6.04 Å². The Bertz CT molecular complexity index is 726. The number of nitrogens with one attached hydrogen (secondary N) is 1. The van der Waals surface area contributed by atoms with Crippen molar-refractivity contribution in [2.45, 2.75) is 32.2 Å². The summed E-state index contributed by atoms with van der Waals surface area (Å²) in [6, 6.07) is 9.35. The van der Waals surface area contributed by atoms with Gasteiger partial charge in [0.15, 0.2) is 0 Å². The number of carboxylic acid groups (broad SMARTS) is 1. The lowest BCUT2D eigenvalue weighted by molar-refractivity contribution is -0.139. The number of amides is 1. The lowest BCUT2D eigenvalue weighted by Crippen LogP contribution is -2.47. The van der Waals surface area contributed by atoms with Crippen LogP contribution in [-0.4, -0.2) is 37.8 Å². The molecule has 1 heterocycles. The van der Waals surface area contributed by atoms with Gasteiger partial charge in [0.1, 0.15) is 5.82 Å². The van der Waals surface area contributed by atoms with E-state index in [2.05, 4.69) is 15.4 Å². The predicted molar refractivity (Wildman–Crippen MR) is 82.3 cm³/mol. The van der Waals surface area contributed by atoms with Crippen LogP contribution in [0.4, 0.5) is 0 Å². The second kappa shape index (κ2) is 6.20. The number of aliphatic carboxylic acids is 1. The molecule has 1 fully saturated rings. The monoisotopic (exact) mass is 314 g/mol. The van der Waals surface area contributed by atoms with Gasteiger partial charge in [-0.3, -0.25) is 9.59 Å². The van der Waals surface area contributed by atoms with E-state index in [0.717, 1.165) is 18.5 Å². The Kier molecular flexibility index (Phi) is 4.10. The molecule has 1 amide bonds. The van der Waals surface area contributed by atoms with Crippen molar-refractivity contribution in [1.82, 2.24) is 20.1 Å². The van der Waals surface area contributed by atoms with Crippen molar-refractivity contribution >= 4 is 11.9 Å². The number of para-hydroxylation sites is 1. The third-order valence-corrected chi connectivity index (χ3v) is 4.14. The third kappa shape index (κ3) is 3.23. The van der Waals surface area contributed by atoms with Gasteiger partial charge in [-0.05, 0) is 37.8 Å². The highest BCUT2D eigenvalue weighted by Crippen LogP contribution is 2.30. The summed E-state index contributed by atoms with van der Waals surface area (Å²) in [6.45, 7) is 1.79. The summed E-state index contributed by atoms with van der Waals surface area (Å²) in [5.74, 6) is -0.475. The normalized spacial score (nSPS) is 19.9. The molecule has 0 unspecified atom stereocenters.